The van der Waals surface area contributed by atoms with Gasteiger partial charge in [0.2, 0.25) is 0 Å². The minimum atomic E-state index is -0.123. The van der Waals surface area contributed by atoms with Gasteiger partial charge in [0.1, 0.15) is 0 Å². The number of nitrogens with two attached hydrogens (primary N) is 1. The highest BCUT2D eigenvalue weighted by Gasteiger charge is 2.29. The largest absolute Gasteiger partial charge is 0.449 e. The van der Waals surface area contributed by atoms with Gasteiger partial charge in [-0.25, -0.2) is 0 Å². The molecule has 3 rings (SSSR count). The van der Waals surface area contributed by atoms with E-state index in [1.165, 1.54) is 5.56 Å². The molecule has 0 fully saturated rings. The van der Waals surface area contributed by atoms with Gasteiger partial charge in [0.15, 0.2) is 11.5 Å². The van der Waals surface area contributed by atoms with Crippen molar-refractivity contribution >= 4 is 17.7 Å². The van der Waals surface area contributed by atoms with Gasteiger partial charge in [-0.05, 0) is 56.1 Å². The van der Waals surface area contributed by atoms with Crippen LogP contribution < -0.4 is 15.4 Å². The molecule has 1 aliphatic rings. The summed E-state index contributed by atoms with van der Waals surface area (Å²) < 4.78 is 5.88. The Morgan fingerprint density at radius 3 is 2.50 bits per heavy atom. The van der Waals surface area contributed by atoms with Crippen LogP contribution in [0.2, 0.25) is 0 Å². The third-order valence-electron chi connectivity index (χ3n) is 4.04. The van der Waals surface area contributed by atoms with Crippen molar-refractivity contribution in [2.75, 3.05) is 18.0 Å². The van der Waals surface area contributed by atoms with Gasteiger partial charge >= 0.3 is 0 Å². The van der Waals surface area contributed by atoms with Crippen LogP contribution in [0.4, 0.5) is 5.69 Å². The average molecular weight is 322 g/mol. The summed E-state index contributed by atoms with van der Waals surface area (Å²) in [6, 6.07) is 13.9. The molecule has 2 aromatic rings. The van der Waals surface area contributed by atoms with E-state index in [1.54, 1.807) is 11.0 Å². The van der Waals surface area contributed by atoms with Crippen molar-refractivity contribution in [1.82, 2.24) is 0 Å². The predicted octanol–water partition coefficient (Wildman–Crippen LogP) is 3.42. The molecule has 4 heteroatoms. The van der Waals surface area contributed by atoms with Crippen LogP contribution in [0.3, 0.4) is 0 Å². The number of aryl methyl sites for hydroxylation is 2. The van der Waals surface area contributed by atoms with Crippen LogP contribution in [0.1, 0.15) is 23.1 Å². The molecule has 2 N–H and O–H groups in total. The zero-order chi connectivity index (χ0) is 17.1. The second-order valence-corrected chi connectivity index (χ2v) is 6.09. The Balaban J connectivity index is 1.99. The number of carbonyl (C=O) groups is 1. The monoisotopic (exact) mass is 322 g/mol. The Bertz CT molecular complexity index is 779. The normalized spacial score (nSPS) is 15.4. The van der Waals surface area contributed by atoms with Crippen LogP contribution in [-0.2, 0) is 4.79 Å². The molecule has 1 aliphatic heterocycles. The van der Waals surface area contributed by atoms with Crippen molar-refractivity contribution in [2.45, 2.75) is 20.3 Å². The number of ether oxygens (including phenoxy) is 1. The van der Waals surface area contributed by atoms with Crippen molar-refractivity contribution in [3.05, 3.63) is 64.9 Å². The van der Waals surface area contributed by atoms with Crippen LogP contribution >= 0.6 is 0 Å². The molecule has 1 amide bonds. The molecular formula is C20H22N2O2. The highest BCUT2D eigenvalue weighted by Crippen LogP contribution is 2.36. The lowest BCUT2D eigenvalue weighted by Crippen LogP contribution is -2.38. The van der Waals surface area contributed by atoms with Crippen LogP contribution in [0, 0.1) is 13.8 Å². The van der Waals surface area contributed by atoms with E-state index in [0.29, 0.717) is 24.6 Å². The third kappa shape index (κ3) is 3.34. The number of hydrogen-bond donors (Lipinski definition) is 1. The topological polar surface area (TPSA) is 55.6 Å². The molecular weight excluding hydrogens is 300 g/mol. The fraction of sp³-hybridized carbons (Fsp3) is 0.250. The standard InChI is InChI=1S/C20H22N2O2/c1-14-4-7-16(8-5-14)13-19-20(23)22(11-3-10-21)17-12-15(2)6-9-18(17)24-19/h4-9,12-13H,3,10-11,21H2,1-2H3/b19-13+. The summed E-state index contributed by atoms with van der Waals surface area (Å²) in [5.41, 5.74) is 9.66. The van der Waals surface area contributed by atoms with E-state index in [2.05, 4.69) is 0 Å². The Labute approximate surface area is 142 Å². The molecule has 1 heterocycles. The van der Waals surface area contributed by atoms with E-state index in [9.17, 15) is 4.79 Å². The van der Waals surface area contributed by atoms with Gasteiger partial charge in [0.25, 0.3) is 5.91 Å². The predicted molar refractivity (Wildman–Crippen MR) is 97.0 cm³/mol. The first-order valence-corrected chi connectivity index (χ1v) is 8.17. The van der Waals surface area contributed by atoms with Gasteiger partial charge in [-0.2, -0.15) is 0 Å². The number of amides is 1. The van der Waals surface area contributed by atoms with E-state index in [1.807, 2.05) is 56.3 Å². The number of carbonyl (C=O) groups excluding carboxylic acids is 1. The lowest BCUT2D eigenvalue weighted by Gasteiger charge is -2.30. The van der Waals surface area contributed by atoms with E-state index in [4.69, 9.17) is 10.5 Å². The van der Waals surface area contributed by atoms with Crippen molar-refractivity contribution in [3.8, 4) is 5.75 Å². The lowest BCUT2D eigenvalue weighted by molar-refractivity contribution is -0.117. The Morgan fingerprint density at radius 1 is 1.08 bits per heavy atom. The first-order chi connectivity index (χ1) is 11.6. The van der Waals surface area contributed by atoms with Crippen molar-refractivity contribution in [2.24, 2.45) is 5.73 Å². The number of fused-ring (bicyclic) bond motifs is 1. The molecule has 2 aromatic carbocycles. The summed E-state index contributed by atoms with van der Waals surface area (Å²) in [7, 11) is 0. The fourth-order valence-corrected chi connectivity index (χ4v) is 2.71. The molecule has 0 unspecified atom stereocenters. The van der Waals surface area contributed by atoms with Gasteiger partial charge in [-0.3, -0.25) is 4.79 Å². The number of anilines is 1. The van der Waals surface area contributed by atoms with E-state index < -0.39 is 0 Å². The third-order valence-corrected chi connectivity index (χ3v) is 4.04. The van der Waals surface area contributed by atoms with Crippen LogP contribution in [0.15, 0.2) is 48.2 Å². The summed E-state index contributed by atoms with van der Waals surface area (Å²) in [5, 5.41) is 0. The minimum absolute atomic E-state index is 0.123. The number of benzene rings is 2. The highest BCUT2D eigenvalue weighted by molar-refractivity contribution is 6.09. The smallest absolute Gasteiger partial charge is 0.294 e. The van der Waals surface area contributed by atoms with E-state index in [-0.39, 0.29) is 5.91 Å². The molecule has 24 heavy (non-hydrogen) atoms. The first kappa shape index (κ1) is 16.3. The van der Waals surface area contributed by atoms with Gasteiger partial charge in [0.05, 0.1) is 5.69 Å². The molecule has 0 spiro atoms. The minimum Gasteiger partial charge on any atom is -0.449 e. The lowest BCUT2D eigenvalue weighted by atomic mass is 10.1. The maximum absolute atomic E-state index is 12.9. The maximum atomic E-state index is 12.9. The molecule has 124 valence electrons. The SMILES string of the molecule is Cc1ccc(/C=C2/Oc3ccc(C)cc3N(CCCN)C2=O)cc1. The fourth-order valence-electron chi connectivity index (χ4n) is 2.71. The zero-order valence-corrected chi connectivity index (χ0v) is 14.1. The van der Waals surface area contributed by atoms with Gasteiger partial charge in [0, 0.05) is 6.54 Å². The Hall–Kier alpha value is -2.59. The first-order valence-electron chi connectivity index (χ1n) is 8.17. The quantitative estimate of drug-likeness (QED) is 0.878. The number of nitrogens with zero attached hydrogens (tertiary/aromatic N) is 1. The Morgan fingerprint density at radius 2 is 1.79 bits per heavy atom. The van der Waals surface area contributed by atoms with E-state index in [0.717, 1.165) is 23.2 Å². The summed E-state index contributed by atoms with van der Waals surface area (Å²) in [6.07, 6.45) is 2.54. The van der Waals surface area contributed by atoms with Crippen molar-refractivity contribution < 1.29 is 9.53 Å². The van der Waals surface area contributed by atoms with Crippen LogP contribution in [-0.4, -0.2) is 19.0 Å². The van der Waals surface area contributed by atoms with Crippen molar-refractivity contribution in [1.29, 1.82) is 0 Å². The molecule has 0 aromatic heterocycles. The van der Waals surface area contributed by atoms with Gasteiger partial charge < -0.3 is 15.4 Å². The summed E-state index contributed by atoms with van der Waals surface area (Å²) in [6.45, 7) is 5.17. The zero-order valence-electron chi connectivity index (χ0n) is 14.1. The van der Waals surface area contributed by atoms with Crippen LogP contribution in [0.25, 0.3) is 6.08 Å². The summed E-state index contributed by atoms with van der Waals surface area (Å²) in [4.78, 5) is 14.6. The van der Waals surface area contributed by atoms with Gasteiger partial charge in [-0.15, -0.1) is 0 Å². The maximum Gasteiger partial charge on any atom is 0.294 e. The highest BCUT2D eigenvalue weighted by atomic mass is 16.5. The molecule has 0 radical (unpaired) electrons. The molecule has 0 saturated heterocycles. The molecule has 4 nitrogen and oxygen atoms in total. The molecule has 0 atom stereocenters. The van der Waals surface area contributed by atoms with Gasteiger partial charge in [-0.1, -0.05) is 35.9 Å². The van der Waals surface area contributed by atoms with E-state index >= 15 is 0 Å². The second kappa shape index (κ2) is 6.89. The number of hydrogen-bond acceptors (Lipinski definition) is 3. The van der Waals surface area contributed by atoms with Crippen LogP contribution in [0.5, 0.6) is 5.75 Å². The summed E-state index contributed by atoms with van der Waals surface area (Å²) >= 11 is 0. The average Bonchev–Trinajstić information content (AvgIpc) is 2.57. The number of rotatable bonds is 4. The summed E-state index contributed by atoms with van der Waals surface area (Å²) in [5.74, 6) is 0.921. The molecule has 0 saturated carbocycles. The Kier molecular flexibility index (Phi) is 4.67. The van der Waals surface area contributed by atoms with Crippen molar-refractivity contribution in [3.63, 3.8) is 0 Å². The second-order valence-electron chi connectivity index (χ2n) is 6.09. The molecule has 0 bridgehead atoms. The molecule has 0 aliphatic carbocycles.